The fraction of sp³-hybridized carbons (Fsp3) is 1.00. The van der Waals surface area contributed by atoms with E-state index in [0.717, 1.165) is 5.54 Å². The molecule has 0 N–H and O–H groups in total. The van der Waals surface area contributed by atoms with Gasteiger partial charge in [0.15, 0.2) is 0 Å². The average Bonchev–Trinajstić information content (AvgIpc) is 1.77. The van der Waals surface area contributed by atoms with Crippen molar-refractivity contribution in [2.24, 2.45) is 0 Å². The van der Waals surface area contributed by atoms with Crippen molar-refractivity contribution >= 4 is 89.0 Å². The molecule has 1 fully saturated rings. The first kappa shape index (κ1) is 16.3. The molecule has 0 spiro atoms. The molecule has 0 aromatic carbocycles. The van der Waals surface area contributed by atoms with Crippen LogP contribution in [0.5, 0.6) is 0 Å². The van der Waals surface area contributed by atoms with Crippen LogP contribution in [0.25, 0.3) is 0 Å². The van der Waals surface area contributed by atoms with E-state index in [1.54, 1.807) is 6.04 Å². The van der Waals surface area contributed by atoms with Crippen LogP contribution in [-0.4, -0.2) is 89.0 Å². The van der Waals surface area contributed by atoms with Gasteiger partial charge in [-0.15, -0.1) is 0 Å². The quantitative estimate of drug-likeness (QED) is 0.532. The monoisotopic (exact) mass is 206 g/mol. The van der Waals surface area contributed by atoms with Crippen LogP contribution < -0.4 is 0 Å². The van der Waals surface area contributed by atoms with Gasteiger partial charge in [-0.3, -0.25) is 0 Å². The van der Waals surface area contributed by atoms with Crippen molar-refractivity contribution in [3.63, 3.8) is 0 Å². The summed E-state index contributed by atoms with van der Waals surface area (Å²) in [5, 5.41) is 0. The summed E-state index contributed by atoms with van der Waals surface area (Å²) >= 11 is 0. The molecule has 1 aliphatic heterocycles. The first-order valence-electron chi connectivity index (χ1n) is 4.13. The molecule has 0 aromatic heterocycles. The third-order valence-corrected chi connectivity index (χ3v) is 7.64. The van der Waals surface area contributed by atoms with E-state index < -0.39 is 8.07 Å². The zero-order valence-corrected chi connectivity index (χ0v) is 7.91. The standard InChI is InChI=1S/C8H18Si.K.Na.2H/c1-8-6-4-5-7-9(8,2)3;;;;/h8H,4-7H2,1-3H3;;;;. The molecule has 58 valence electrons. The van der Waals surface area contributed by atoms with Gasteiger partial charge in [0.05, 0.1) is 8.07 Å². The number of hydrogen-bond donors (Lipinski definition) is 0. The van der Waals surface area contributed by atoms with Gasteiger partial charge < -0.3 is 0 Å². The molecular formula is C8H20KNaSi. The summed E-state index contributed by atoms with van der Waals surface area (Å²) in [6.45, 7) is 7.53. The Labute approximate surface area is 137 Å². The first-order chi connectivity index (χ1) is 4.13. The Hall–Kier alpha value is 2.85. The molecule has 1 aliphatic rings. The Morgan fingerprint density at radius 3 is 2.00 bits per heavy atom. The molecule has 11 heavy (non-hydrogen) atoms. The maximum absolute atomic E-state index is 2.54. The van der Waals surface area contributed by atoms with Gasteiger partial charge in [-0.2, -0.15) is 0 Å². The van der Waals surface area contributed by atoms with Crippen LogP contribution in [0.1, 0.15) is 26.2 Å². The molecule has 1 heterocycles. The maximum atomic E-state index is 2.54. The zero-order chi connectivity index (χ0) is 6.91. The predicted molar refractivity (Wildman–Crippen MR) is 59.9 cm³/mol. The summed E-state index contributed by atoms with van der Waals surface area (Å²) in [5.41, 5.74) is 1.09. The van der Waals surface area contributed by atoms with E-state index in [1.807, 2.05) is 0 Å². The molecule has 0 saturated carbocycles. The predicted octanol–water partition coefficient (Wildman–Crippen LogP) is 1.97. The van der Waals surface area contributed by atoms with E-state index >= 15 is 0 Å². The van der Waals surface area contributed by atoms with Crippen molar-refractivity contribution in [3.8, 4) is 0 Å². The fourth-order valence-electron chi connectivity index (χ4n) is 1.67. The van der Waals surface area contributed by atoms with Crippen molar-refractivity contribution in [3.05, 3.63) is 0 Å². The Balaban J connectivity index is 0. The minimum atomic E-state index is -0.694. The van der Waals surface area contributed by atoms with Crippen LogP contribution in [0.2, 0.25) is 24.7 Å². The van der Waals surface area contributed by atoms with Gasteiger partial charge >= 0.3 is 80.9 Å². The average molecular weight is 206 g/mol. The second kappa shape index (κ2) is 7.19. The van der Waals surface area contributed by atoms with E-state index in [4.69, 9.17) is 0 Å². The third kappa shape index (κ3) is 5.33. The molecule has 1 atom stereocenters. The SMILES string of the molecule is CC1CCCC[Si]1(C)C.[KH].[NaH]. The molecular weight excluding hydrogens is 186 g/mol. The van der Waals surface area contributed by atoms with Crippen molar-refractivity contribution in [1.29, 1.82) is 0 Å². The molecule has 0 radical (unpaired) electrons. The van der Waals surface area contributed by atoms with Crippen molar-refractivity contribution in [2.75, 3.05) is 0 Å². The van der Waals surface area contributed by atoms with Crippen LogP contribution in [0.15, 0.2) is 0 Å². The van der Waals surface area contributed by atoms with Crippen LogP contribution in [0.4, 0.5) is 0 Å². The molecule has 1 rings (SSSR count). The first-order valence-corrected chi connectivity index (χ1v) is 7.41. The van der Waals surface area contributed by atoms with Crippen LogP contribution in [0, 0.1) is 0 Å². The Kier molecular flexibility index (Phi) is 10.6. The van der Waals surface area contributed by atoms with Crippen LogP contribution >= 0.6 is 0 Å². The normalized spacial score (nSPS) is 28.1. The van der Waals surface area contributed by atoms with Gasteiger partial charge in [-0.05, 0) is 5.54 Å². The Morgan fingerprint density at radius 1 is 1.18 bits per heavy atom. The fourth-order valence-corrected chi connectivity index (χ4v) is 4.31. The summed E-state index contributed by atoms with van der Waals surface area (Å²) in [5.74, 6) is 0. The molecule has 3 heteroatoms. The minimum absolute atomic E-state index is 0. The zero-order valence-electron chi connectivity index (χ0n) is 6.91. The second-order valence-corrected chi connectivity index (χ2v) is 9.60. The molecule has 0 aliphatic carbocycles. The summed E-state index contributed by atoms with van der Waals surface area (Å²) < 4.78 is 0. The molecule has 1 saturated heterocycles. The third-order valence-electron chi connectivity index (χ3n) is 3.04. The van der Waals surface area contributed by atoms with E-state index in [9.17, 15) is 0 Å². The summed E-state index contributed by atoms with van der Waals surface area (Å²) in [7, 11) is -0.694. The van der Waals surface area contributed by atoms with Crippen molar-refractivity contribution in [1.82, 2.24) is 0 Å². The van der Waals surface area contributed by atoms with Gasteiger partial charge in [-0.1, -0.05) is 45.3 Å². The summed E-state index contributed by atoms with van der Waals surface area (Å²) in [6, 6.07) is 1.58. The molecule has 0 aromatic rings. The molecule has 0 nitrogen and oxygen atoms in total. The van der Waals surface area contributed by atoms with Gasteiger partial charge in [-0.25, -0.2) is 0 Å². The van der Waals surface area contributed by atoms with E-state index in [0.29, 0.717) is 0 Å². The van der Waals surface area contributed by atoms with Gasteiger partial charge in [0.2, 0.25) is 0 Å². The molecule has 1 unspecified atom stereocenters. The molecule has 0 amide bonds. The second-order valence-electron chi connectivity index (χ2n) is 4.14. The van der Waals surface area contributed by atoms with E-state index in [2.05, 4.69) is 20.0 Å². The summed E-state index contributed by atoms with van der Waals surface area (Å²) in [6.07, 6.45) is 4.53. The van der Waals surface area contributed by atoms with Crippen LogP contribution in [0.3, 0.4) is 0 Å². The van der Waals surface area contributed by atoms with E-state index in [1.165, 1.54) is 19.3 Å². The van der Waals surface area contributed by atoms with Crippen molar-refractivity contribution in [2.45, 2.75) is 50.9 Å². The Bertz CT molecular complexity index is 106. The topological polar surface area (TPSA) is 0 Å². The molecule has 0 bridgehead atoms. The number of hydrogen-bond acceptors (Lipinski definition) is 0. The van der Waals surface area contributed by atoms with Crippen molar-refractivity contribution < 1.29 is 0 Å². The van der Waals surface area contributed by atoms with Gasteiger partial charge in [0.1, 0.15) is 0 Å². The Morgan fingerprint density at radius 2 is 1.73 bits per heavy atom. The van der Waals surface area contributed by atoms with Gasteiger partial charge in [0.25, 0.3) is 0 Å². The van der Waals surface area contributed by atoms with Gasteiger partial charge in [0, 0.05) is 0 Å². The van der Waals surface area contributed by atoms with E-state index in [-0.39, 0.29) is 80.9 Å². The van der Waals surface area contributed by atoms with Crippen LogP contribution in [-0.2, 0) is 0 Å². The summed E-state index contributed by atoms with van der Waals surface area (Å²) in [4.78, 5) is 0. The number of rotatable bonds is 0.